The second kappa shape index (κ2) is 5.48. The summed E-state index contributed by atoms with van der Waals surface area (Å²) in [5.74, 6) is 0.245. The molecule has 3 rings (SSSR count). The van der Waals surface area contributed by atoms with Crippen molar-refractivity contribution in [1.82, 2.24) is 9.97 Å². The minimum absolute atomic E-state index is 0.253. The molecule has 0 radical (unpaired) electrons. The Morgan fingerprint density at radius 2 is 2.05 bits per heavy atom. The van der Waals surface area contributed by atoms with Gasteiger partial charge in [-0.3, -0.25) is 9.78 Å². The van der Waals surface area contributed by atoms with Crippen molar-refractivity contribution in [2.45, 2.75) is 12.5 Å². The van der Waals surface area contributed by atoms with E-state index < -0.39 is 6.10 Å². The van der Waals surface area contributed by atoms with Crippen molar-refractivity contribution in [2.24, 2.45) is 5.16 Å². The van der Waals surface area contributed by atoms with Crippen LogP contribution < -0.4 is 5.32 Å². The van der Waals surface area contributed by atoms with Crippen molar-refractivity contribution in [3.8, 4) is 0 Å². The van der Waals surface area contributed by atoms with Crippen LogP contribution in [0.25, 0.3) is 0 Å². The van der Waals surface area contributed by atoms with Gasteiger partial charge in [-0.2, -0.15) is 0 Å². The number of aromatic nitrogens is 2. The van der Waals surface area contributed by atoms with Crippen molar-refractivity contribution in [3.05, 3.63) is 54.5 Å². The number of rotatable bonds is 3. The van der Waals surface area contributed by atoms with Gasteiger partial charge in [-0.15, -0.1) is 0 Å². The van der Waals surface area contributed by atoms with Gasteiger partial charge in [0, 0.05) is 30.6 Å². The molecule has 1 aliphatic rings. The van der Waals surface area contributed by atoms with E-state index in [9.17, 15) is 4.79 Å². The summed E-state index contributed by atoms with van der Waals surface area (Å²) in [6, 6.07) is 8.98. The number of hydrogen-bond acceptors (Lipinski definition) is 5. The predicted molar refractivity (Wildman–Crippen MR) is 73.1 cm³/mol. The number of hydrogen-bond donors (Lipinski definition) is 1. The van der Waals surface area contributed by atoms with Gasteiger partial charge in [0.15, 0.2) is 0 Å². The highest BCUT2D eigenvalue weighted by Crippen LogP contribution is 2.17. The normalized spacial score (nSPS) is 17.2. The maximum absolute atomic E-state index is 12.0. The number of anilines is 1. The zero-order chi connectivity index (χ0) is 13.8. The van der Waals surface area contributed by atoms with Crippen LogP contribution in [0.4, 0.5) is 5.82 Å². The number of nitrogens with zero attached hydrogens (tertiary/aromatic N) is 3. The van der Waals surface area contributed by atoms with Crippen LogP contribution in [0, 0.1) is 0 Å². The highest BCUT2D eigenvalue weighted by Gasteiger charge is 2.29. The molecule has 0 bridgehead atoms. The molecule has 20 heavy (non-hydrogen) atoms. The van der Waals surface area contributed by atoms with E-state index in [2.05, 4.69) is 20.4 Å². The van der Waals surface area contributed by atoms with Gasteiger partial charge in [0.05, 0.1) is 5.71 Å². The fraction of sp³-hybridized carbons (Fsp3) is 0.143. The quantitative estimate of drug-likeness (QED) is 0.917. The largest absolute Gasteiger partial charge is 0.382 e. The summed E-state index contributed by atoms with van der Waals surface area (Å²) in [6.07, 6.45) is 4.78. The summed E-state index contributed by atoms with van der Waals surface area (Å²) in [4.78, 5) is 25.2. The van der Waals surface area contributed by atoms with Gasteiger partial charge in [0.1, 0.15) is 5.82 Å². The van der Waals surface area contributed by atoms with Crippen LogP contribution in [0.3, 0.4) is 0 Å². The third-order valence-corrected chi connectivity index (χ3v) is 2.89. The fourth-order valence-corrected chi connectivity index (χ4v) is 1.88. The molecule has 100 valence electrons. The lowest BCUT2D eigenvalue weighted by molar-refractivity contribution is -0.125. The zero-order valence-electron chi connectivity index (χ0n) is 10.6. The van der Waals surface area contributed by atoms with E-state index in [0.717, 1.165) is 11.3 Å². The number of carbonyl (C=O) groups excluding carboxylic acids is 1. The van der Waals surface area contributed by atoms with Crippen molar-refractivity contribution in [2.75, 3.05) is 5.32 Å². The Kier molecular flexibility index (Phi) is 3.36. The Bertz CT molecular complexity index is 628. The molecule has 0 spiro atoms. The molecule has 1 amide bonds. The van der Waals surface area contributed by atoms with Gasteiger partial charge >= 0.3 is 0 Å². The van der Waals surface area contributed by atoms with Crippen LogP contribution in [0.2, 0.25) is 0 Å². The van der Waals surface area contributed by atoms with E-state index in [1.54, 1.807) is 36.8 Å². The van der Waals surface area contributed by atoms with Crippen LogP contribution in [0.5, 0.6) is 0 Å². The topological polar surface area (TPSA) is 76.5 Å². The molecule has 0 saturated carbocycles. The van der Waals surface area contributed by atoms with Gasteiger partial charge in [-0.25, -0.2) is 4.98 Å². The first-order valence-electron chi connectivity index (χ1n) is 6.18. The molecule has 1 atom stereocenters. The lowest BCUT2D eigenvalue weighted by Gasteiger charge is -2.08. The second-order valence-corrected chi connectivity index (χ2v) is 4.28. The fourth-order valence-electron chi connectivity index (χ4n) is 1.88. The van der Waals surface area contributed by atoms with Gasteiger partial charge in [-0.05, 0) is 24.3 Å². The molecular formula is C14H12N4O2. The number of pyridine rings is 2. The van der Waals surface area contributed by atoms with Gasteiger partial charge in [0.2, 0.25) is 6.10 Å². The summed E-state index contributed by atoms with van der Waals surface area (Å²) in [5.41, 5.74) is 1.65. The van der Waals surface area contributed by atoms with Gasteiger partial charge in [-0.1, -0.05) is 11.2 Å². The molecule has 2 aromatic rings. The maximum atomic E-state index is 12.0. The first-order chi connectivity index (χ1) is 9.83. The first kappa shape index (κ1) is 12.3. The van der Waals surface area contributed by atoms with E-state index in [-0.39, 0.29) is 5.91 Å². The van der Waals surface area contributed by atoms with Crippen molar-refractivity contribution in [1.29, 1.82) is 0 Å². The summed E-state index contributed by atoms with van der Waals surface area (Å²) in [7, 11) is 0. The van der Waals surface area contributed by atoms with Crippen LogP contribution in [0.1, 0.15) is 12.0 Å². The van der Waals surface area contributed by atoms with E-state index in [1.165, 1.54) is 0 Å². The van der Waals surface area contributed by atoms with Crippen molar-refractivity contribution in [3.63, 3.8) is 0 Å². The number of carbonyl (C=O) groups is 1. The zero-order valence-corrected chi connectivity index (χ0v) is 10.6. The van der Waals surface area contributed by atoms with Crippen LogP contribution in [-0.2, 0) is 9.63 Å². The molecule has 0 aromatic carbocycles. The average molecular weight is 268 g/mol. The molecule has 6 heteroatoms. The van der Waals surface area contributed by atoms with Crippen molar-refractivity contribution >= 4 is 17.4 Å². The molecule has 1 aliphatic heterocycles. The summed E-state index contributed by atoms with van der Waals surface area (Å²) >= 11 is 0. The Balaban J connectivity index is 1.63. The van der Waals surface area contributed by atoms with Crippen molar-refractivity contribution < 1.29 is 9.63 Å². The molecule has 6 nitrogen and oxygen atoms in total. The standard InChI is InChI=1S/C14H12N4O2/c19-14(17-13-3-1-2-6-16-13)12-9-11(18-20-12)10-4-7-15-8-5-10/h1-8,12H,9H2,(H,16,17,19). The average Bonchev–Trinajstić information content (AvgIpc) is 2.99. The first-order valence-corrected chi connectivity index (χ1v) is 6.18. The van der Waals surface area contributed by atoms with Crippen LogP contribution >= 0.6 is 0 Å². The highest BCUT2D eigenvalue weighted by atomic mass is 16.6. The number of oxime groups is 1. The summed E-state index contributed by atoms with van der Waals surface area (Å²) < 4.78 is 0. The minimum Gasteiger partial charge on any atom is -0.382 e. The Morgan fingerprint density at radius 1 is 1.20 bits per heavy atom. The second-order valence-electron chi connectivity index (χ2n) is 4.28. The molecule has 0 fully saturated rings. The predicted octanol–water partition coefficient (Wildman–Crippen LogP) is 1.61. The van der Waals surface area contributed by atoms with E-state index >= 15 is 0 Å². The summed E-state index contributed by atoms with van der Waals surface area (Å²) in [6.45, 7) is 0. The number of amides is 1. The molecule has 0 aliphatic carbocycles. The van der Waals surface area contributed by atoms with Gasteiger partial charge in [0.25, 0.3) is 5.91 Å². The smallest absolute Gasteiger partial charge is 0.269 e. The third-order valence-electron chi connectivity index (χ3n) is 2.89. The molecule has 3 heterocycles. The Hall–Kier alpha value is -2.76. The molecule has 1 N–H and O–H groups in total. The highest BCUT2D eigenvalue weighted by molar-refractivity contribution is 6.05. The van der Waals surface area contributed by atoms with Crippen LogP contribution in [-0.4, -0.2) is 27.7 Å². The van der Waals surface area contributed by atoms with Crippen LogP contribution in [0.15, 0.2) is 54.1 Å². The Labute approximate surface area is 115 Å². The third kappa shape index (κ3) is 2.64. The van der Waals surface area contributed by atoms with E-state index in [0.29, 0.717) is 12.2 Å². The maximum Gasteiger partial charge on any atom is 0.269 e. The van der Waals surface area contributed by atoms with Gasteiger partial charge < -0.3 is 10.2 Å². The monoisotopic (exact) mass is 268 g/mol. The molecular weight excluding hydrogens is 256 g/mol. The molecule has 2 aromatic heterocycles. The van der Waals surface area contributed by atoms with E-state index in [4.69, 9.17) is 4.84 Å². The lowest BCUT2D eigenvalue weighted by atomic mass is 10.1. The SMILES string of the molecule is O=C(Nc1ccccn1)C1CC(c2ccncc2)=NO1. The van der Waals surface area contributed by atoms with E-state index in [1.807, 2.05) is 12.1 Å². The summed E-state index contributed by atoms with van der Waals surface area (Å²) in [5, 5.41) is 6.65. The number of nitrogens with one attached hydrogen (secondary N) is 1. The molecule has 0 saturated heterocycles. The Morgan fingerprint density at radius 3 is 2.80 bits per heavy atom. The lowest BCUT2D eigenvalue weighted by Crippen LogP contribution is -2.28. The minimum atomic E-state index is -0.625. The molecule has 1 unspecified atom stereocenters.